The maximum atomic E-state index is 12.5. The summed E-state index contributed by atoms with van der Waals surface area (Å²) in [6.45, 7) is 5.59. The van der Waals surface area contributed by atoms with Gasteiger partial charge < -0.3 is 15.0 Å². The molecular weight excluding hydrogens is 276 g/mol. The molecule has 0 saturated carbocycles. The summed E-state index contributed by atoms with van der Waals surface area (Å²) in [7, 11) is 0. The van der Waals surface area contributed by atoms with Crippen LogP contribution in [0.5, 0.6) is 0 Å². The summed E-state index contributed by atoms with van der Waals surface area (Å²) in [5.74, 6) is 0.936. The van der Waals surface area contributed by atoms with E-state index in [1.807, 2.05) is 4.90 Å². The molecule has 4 atom stereocenters. The van der Waals surface area contributed by atoms with Crippen LogP contribution in [0, 0.1) is 5.92 Å². The molecule has 0 spiro atoms. The third-order valence-corrected chi connectivity index (χ3v) is 4.96. The van der Waals surface area contributed by atoms with Crippen molar-refractivity contribution in [2.24, 2.45) is 5.92 Å². The first kappa shape index (κ1) is 16.1. The molecule has 116 valence electrons. The van der Waals surface area contributed by atoms with Gasteiger partial charge in [-0.15, -0.1) is 12.4 Å². The topological polar surface area (TPSA) is 41.6 Å². The lowest BCUT2D eigenvalue weighted by molar-refractivity contribution is -0.144. The lowest BCUT2D eigenvalue weighted by Gasteiger charge is -2.38. The van der Waals surface area contributed by atoms with Crippen molar-refractivity contribution in [1.82, 2.24) is 10.2 Å². The van der Waals surface area contributed by atoms with Gasteiger partial charge in [0.15, 0.2) is 0 Å². The number of rotatable bonds is 2. The van der Waals surface area contributed by atoms with Gasteiger partial charge in [-0.1, -0.05) is 0 Å². The van der Waals surface area contributed by atoms with Crippen LogP contribution in [-0.2, 0) is 9.53 Å². The second-order valence-electron chi connectivity index (χ2n) is 6.72. The molecule has 3 heterocycles. The third-order valence-electron chi connectivity index (χ3n) is 4.96. The summed E-state index contributed by atoms with van der Waals surface area (Å²) in [4.78, 5) is 14.5. The van der Waals surface area contributed by atoms with Gasteiger partial charge >= 0.3 is 0 Å². The highest BCUT2D eigenvalue weighted by Gasteiger charge is 2.36. The van der Waals surface area contributed by atoms with Gasteiger partial charge in [0.2, 0.25) is 5.91 Å². The quantitative estimate of drug-likeness (QED) is 0.848. The van der Waals surface area contributed by atoms with E-state index >= 15 is 0 Å². The van der Waals surface area contributed by atoms with E-state index in [9.17, 15) is 4.79 Å². The average Bonchev–Trinajstić information content (AvgIpc) is 2.71. The second-order valence-corrected chi connectivity index (χ2v) is 6.72. The van der Waals surface area contributed by atoms with E-state index in [4.69, 9.17) is 4.74 Å². The maximum Gasteiger partial charge on any atom is 0.223 e. The molecule has 3 aliphatic rings. The van der Waals surface area contributed by atoms with Crippen LogP contribution in [0.25, 0.3) is 0 Å². The Balaban J connectivity index is 0.00000147. The van der Waals surface area contributed by atoms with Crippen molar-refractivity contribution in [2.75, 3.05) is 13.2 Å². The molecular formula is C15H27ClN2O2. The van der Waals surface area contributed by atoms with Crippen LogP contribution in [-0.4, -0.2) is 48.2 Å². The highest BCUT2D eigenvalue weighted by atomic mass is 35.5. The Bertz CT molecular complexity index is 341. The number of hydrogen-bond acceptors (Lipinski definition) is 3. The minimum Gasteiger partial charge on any atom is -0.375 e. The Morgan fingerprint density at radius 3 is 2.55 bits per heavy atom. The van der Waals surface area contributed by atoms with E-state index in [0.717, 1.165) is 13.0 Å². The van der Waals surface area contributed by atoms with Gasteiger partial charge in [0.1, 0.15) is 0 Å². The SMILES string of the molecule is CC1CN(C(=O)CC2CC3CCC(C2)N3)C(C)CO1.Cl. The molecule has 1 N–H and O–H groups in total. The highest BCUT2D eigenvalue weighted by Crippen LogP contribution is 2.33. The lowest BCUT2D eigenvalue weighted by atomic mass is 9.89. The fourth-order valence-corrected chi connectivity index (χ4v) is 3.96. The number of amides is 1. The number of piperidine rings is 1. The standard InChI is InChI=1S/C15H26N2O2.ClH/c1-10-9-19-11(2)8-17(10)15(18)7-12-5-13-3-4-14(6-12)16-13;/h10-14,16H,3-9H2,1-2H3;1H. The average molecular weight is 303 g/mol. The molecule has 3 rings (SSSR count). The van der Waals surface area contributed by atoms with E-state index in [-0.39, 0.29) is 24.6 Å². The van der Waals surface area contributed by atoms with Crippen LogP contribution in [0.1, 0.15) is 46.0 Å². The van der Waals surface area contributed by atoms with Gasteiger partial charge in [-0.2, -0.15) is 0 Å². The Labute approximate surface area is 128 Å². The Morgan fingerprint density at radius 1 is 1.25 bits per heavy atom. The van der Waals surface area contributed by atoms with Gasteiger partial charge in [-0.3, -0.25) is 4.79 Å². The van der Waals surface area contributed by atoms with Gasteiger partial charge in [0.05, 0.1) is 18.8 Å². The molecule has 5 heteroatoms. The van der Waals surface area contributed by atoms with E-state index in [1.54, 1.807) is 0 Å². The molecule has 4 nitrogen and oxygen atoms in total. The molecule has 1 amide bonds. The van der Waals surface area contributed by atoms with E-state index < -0.39 is 0 Å². The Kier molecular flexibility index (Phi) is 5.32. The van der Waals surface area contributed by atoms with Gasteiger partial charge in [0, 0.05) is 25.0 Å². The van der Waals surface area contributed by atoms with Crippen LogP contribution in [0.4, 0.5) is 0 Å². The van der Waals surface area contributed by atoms with Crippen molar-refractivity contribution < 1.29 is 9.53 Å². The molecule has 0 aliphatic carbocycles. The number of morpholine rings is 1. The van der Waals surface area contributed by atoms with Crippen LogP contribution in [0.2, 0.25) is 0 Å². The highest BCUT2D eigenvalue weighted by molar-refractivity contribution is 5.85. The lowest BCUT2D eigenvalue weighted by Crippen LogP contribution is -2.51. The molecule has 3 saturated heterocycles. The summed E-state index contributed by atoms with van der Waals surface area (Å²) in [5.41, 5.74) is 0. The zero-order chi connectivity index (χ0) is 13.4. The molecule has 0 aromatic rings. The predicted molar refractivity (Wildman–Crippen MR) is 81.1 cm³/mol. The van der Waals surface area contributed by atoms with Crippen molar-refractivity contribution in [3.05, 3.63) is 0 Å². The molecule has 2 bridgehead atoms. The zero-order valence-electron chi connectivity index (χ0n) is 12.5. The fourth-order valence-electron chi connectivity index (χ4n) is 3.96. The molecule has 4 unspecified atom stereocenters. The minimum atomic E-state index is 0. The predicted octanol–water partition coefficient (Wildman–Crippen LogP) is 1.96. The van der Waals surface area contributed by atoms with Crippen LogP contribution in [0.15, 0.2) is 0 Å². The van der Waals surface area contributed by atoms with E-state index in [2.05, 4.69) is 19.2 Å². The van der Waals surface area contributed by atoms with Crippen LogP contribution < -0.4 is 5.32 Å². The van der Waals surface area contributed by atoms with Crippen molar-refractivity contribution in [3.8, 4) is 0 Å². The first-order valence-corrected chi connectivity index (χ1v) is 7.79. The molecule has 0 radical (unpaired) electrons. The number of nitrogens with zero attached hydrogens (tertiary/aromatic N) is 1. The van der Waals surface area contributed by atoms with E-state index in [1.165, 1.54) is 25.7 Å². The third kappa shape index (κ3) is 3.46. The summed E-state index contributed by atoms with van der Waals surface area (Å²) in [6, 6.07) is 1.59. The monoisotopic (exact) mass is 302 g/mol. The number of carbonyl (C=O) groups is 1. The number of fused-ring (bicyclic) bond motifs is 2. The maximum absolute atomic E-state index is 12.5. The number of hydrogen-bond donors (Lipinski definition) is 1. The van der Waals surface area contributed by atoms with Gasteiger partial charge in [0.25, 0.3) is 0 Å². The summed E-state index contributed by atoms with van der Waals surface area (Å²) in [5, 5.41) is 3.64. The minimum absolute atomic E-state index is 0. The van der Waals surface area contributed by atoms with Crippen LogP contribution in [0.3, 0.4) is 0 Å². The summed E-state index contributed by atoms with van der Waals surface area (Å²) in [6.07, 6.45) is 5.92. The van der Waals surface area contributed by atoms with Crippen molar-refractivity contribution in [2.45, 2.75) is 70.2 Å². The van der Waals surface area contributed by atoms with E-state index in [0.29, 0.717) is 30.5 Å². The van der Waals surface area contributed by atoms with Crippen LogP contribution >= 0.6 is 12.4 Å². The van der Waals surface area contributed by atoms with Crippen molar-refractivity contribution in [1.29, 1.82) is 0 Å². The smallest absolute Gasteiger partial charge is 0.223 e. The molecule has 20 heavy (non-hydrogen) atoms. The normalized spacial score (nSPS) is 40.3. The first-order chi connectivity index (χ1) is 9.11. The Morgan fingerprint density at radius 2 is 1.90 bits per heavy atom. The number of carbonyl (C=O) groups excluding carboxylic acids is 1. The molecule has 0 aromatic carbocycles. The van der Waals surface area contributed by atoms with Crippen molar-refractivity contribution >= 4 is 18.3 Å². The molecule has 3 fully saturated rings. The Hall–Kier alpha value is -0.320. The largest absolute Gasteiger partial charge is 0.375 e. The summed E-state index contributed by atoms with van der Waals surface area (Å²) >= 11 is 0. The number of nitrogens with one attached hydrogen (secondary N) is 1. The van der Waals surface area contributed by atoms with Gasteiger partial charge in [-0.25, -0.2) is 0 Å². The number of halogens is 1. The molecule has 0 aromatic heterocycles. The van der Waals surface area contributed by atoms with Crippen molar-refractivity contribution in [3.63, 3.8) is 0 Å². The molecule has 3 aliphatic heterocycles. The first-order valence-electron chi connectivity index (χ1n) is 7.79. The zero-order valence-corrected chi connectivity index (χ0v) is 13.3. The second kappa shape index (κ2) is 6.63. The van der Waals surface area contributed by atoms with Gasteiger partial charge in [-0.05, 0) is 45.4 Å². The number of ether oxygens (including phenoxy) is 1. The summed E-state index contributed by atoms with van der Waals surface area (Å²) < 4.78 is 5.60. The fraction of sp³-hybridized carbons (Fsp3) is 0.933.